The van der Waals surface area contributed by atoms with Gasteiger partial charge in [-0.1, -0.05) is 6.07 Å². The number of hydrogen-bond donors (Lipinski definition) is 2. The van der Waals surface area contributed by atoms with E-state index in [1.807, 2.05) is 0 Å². The molecule has 7 heteroatoms. The maximum atomic E-state index is 13.5. The molecule has 1 aromatic rings. The first-order valence-electron chi connectivity index (χ1n) is 5.54. The number of nitrogens with one attached hydrogen (secondary N) is 2. The van der Waals surface area contributed by atoms with Crippen molar-refractivity contribution in [2.45, 2.75) is 6.42 Å². The lowest BCUT2D eigenvalue weighted by molar-refractivity contribution is -0.384. The number of halogens is 1. The van der Waals surface area contributed by atoms with Crippen LogP contribution in [0.25, 0.3) is 0 Å². The standard InChI is InChI=1S/C11H12FN3O3/c12-8-2-1-3-9(15(17)18)10(8)14-11(16)7-4-5-13-6-7/h1-3,7,13H,4-6H2,(H,14,16). The summed E-state index contributed by atoms with van der Waals surface area (Å²) in [4.78, 5) is 21.8. The zero-order valence-corrected chi connectivity index (χ0v) is 9.48. The Hall–Kier alpha value is -2.02. The molecule has 2 rings (SSSR count). The Bertz CT molecular complexity index is 486. The Morgan fingerprint density at radius 1 is 1.56 bits per heavy atom. The van der Waals surface area contributed by atoms with Crippen LogP contribution < -0.4 is 10.6 Å². The van der Waals surface area contributed by atoms with E-state index in [-0.39, 0.29) is 11.6 Å². The van der Waals surface area contributed by atoms with Gasteiger partial charge in [0.15, 0.2) is 11.5 Å². The third-order valence-corrected chi connectivity index (χ3v) is 2.87. The average Bonchev–Trinajstić information content (AvgIpc) is 2.85. The van der Waals surface area contributed by atoms with Crippen molar-refractivity contribution in [1.29, 1.82) is 0 Å². The van der Waals surface area contributed by atoms with Gasteiger partial charge in [0.25, 0.3) is 5.69 Å². The van der Waals surface area contributed by atoms with Crippen molar-refractivity contribution >= 4 is 17.3 Å². The molecule has 1 fully saturated rings. The Morgan fingerprint density at radius 3 is 2.94 bits per heavy atom. The second-order valence-corrected chi connectivity index (χ2v) is 4.07. The number of nitrogens with zero attached hydrogens (tertiary/aromatic N) is 1. The number of carbonyl (C=O) groups is 1. The molecule has 6 nitrogen and oxygen atoms in total. The molecule has 0 spiro atoms. The molecule has 1 atom stereocenters. The molecule has 1 unspecified atom stereocenters. The number of anilines is 1. The molecule has 0 radical (unpaired) electrons. The van der Waals surface area contributed by atoms with E-state index in [0.717, 1.165) is 18.7 Å². The number of amides is 1. The Kier molecular flexibility index (Phi) is 3.52. The fourth-order valence-electron chi connectivity index (χ4n) is 1.89. The van der Waals surface area contributed by atoms with E-state index in [1.54, 1.807) is 0 Å². The van der Waals surface area contributed by atoms with Gasteiger partial charge in [0, 0.05) is 12.6 Å². The summed E-state index contributed by atoms with van der Waals surface area (Å²) in [6.45, 7) is 1.23. The maximum absolute atomic E-state index is 13.5. The predicted octanol–water partition coefficient (Wildman–Crippen LogP) is 1.28. The molecule has 1 heterocycles. The number of carbonyl (C=O) groups excluding carboxylic acids is 1. The van der Waals surface area contributed by atoms with E-state index in [1.165, 1.54) is 6.07 Å². The van der Waals surface area contributed by atoms with Crippen LogP contribution >= 0.6 is 0 Å². The van der Waals surface area contributed by atoms with Gasteiger partial charge in [-0.3, -0.25) is 14.9 Å². The van der Waals surface area contributed by atoms with Gasteiger partial charge in [0.2, 0.25) is 5.91 Å². The smallest absolute Gasteiger partial charge is 0.295 e. The van der Waals surface area contributed by atoms with Crippen LogP contribution in [0.4, 0.5) is 15.8 Å². The van der Waals surface area contributed by atoms with Crippen molar-refractivity contribution in [3.8, 4) is 0 Å². The second kappa shape index (κ2) is 5.09. The number of nitro groups is 1. The first-order valence-corrected chi connectivity index (χ1v) is 5.54. The summed E-state index contributed by atoms with van der Waals surface area (Å²) in [5, 5.41) is 16.1. The molecule has 1 aliphatic heterocycles. The third kappa shape index (κ3) is 2.45. The highest BCUT2D eigenvalue weighted by molar-refractivity contribution is 5.95. The van der Waals surface area contributed by atoms with Crippen molar-refractivity contribution in [2.24, 2.45) is 5.92 Å². The summed E-state index contributed by atoms with van der Waals surface area (Å²) in [5.74, 6) is -1.47. The number of para-hydroxylation sites is 1. The van der Waals surface area contributed by atoms with Crippen LogP contribution in [0.5, 0.6) is 0 Å². The van der Waals surface area contributed by atoms with E-state index >= 15 is 0 Å². The van der Waals surface area contributed by atoms with E-state index in [0.29, 0.717) is 13.0 Å². The van der Waals surface area contributed by atoms with E-state index in [9.17, 15) is 19.3 Å². The highest BCUT2D eigenvalue weighted by Crippen LogP contribution is 2.27. The second-order valence-electron chi connectivity index (χ2n) is 4.07. The highest BCUT2D eigenvalue weighted by atomic mass is 19.1. The number of benzene rings is 1. The molecule has 96 valence electrons. The minimum Gasteiger partial charge on any atom is -0.318 e. The van der Waals surface area contributed by atoms with Gasteiger partial charge >= 0.3 is 0 Å². The summed E-state index contributed by atoms with van der Waals surface area (Å²) in [7, 11) is 0. The minimum atomic E-state index is -0.802. The van der Waals surface area contributed by atoms with E-state index in [2.05, 4.69) is 10.6 Å². The summed E-state index contributed by atoms with van der Waals surface area (Å²) in [5.41, 5.74) is -0.797. The molecule has 2 N–H and O–H groups in total. The van der Waals surface area contributed by atoms with Crippen LogP contribution in [0.2, 0.25) is 0 Å². The third-order valence-electron chi connectivity index (χ3n) is 2.87. The molecule has 1 saturated heterocycles. The lowest BCUT2D eigenvalue weighted by atomic mass is 10.1. The Balaban J connectivity index is 2.22. The first kappa shape index (κ1) is 12.4. The Morgan fingerprint density at radius 2 is 2.33 bits per heavy atom. The quantitative estimate of drug-likeness (QED) is 0.627. The molecule has 0 aromatic heterocycles. The van der Waals surface area contributed by atoms with E-state index in [4.69, 9.17) is 0 Å². The molecule has 1 amide bonds. The van der Waals surface area contributed by atoms with Gasteiger partial charge in [-0.05, 0) is 19.0 Å². The lowest BCUT2D eigenvalue weighted by Gasteiger charge is -2.10. The summed E-state index contributed by atoms with van der Waals surface area (Å²) >= 11 is 0. The number of rotatable bonds is 3. The molecule has 0 aliphatic carbocycles. The molecular weight excluding hydrogens is 241 g/mol. The molecule has 1 aromatic carbocycles. The topological polar surface area (TPSA) is 84.3 Å². The van der Waals surface area contributed by atoms with Crippen LogP contribution in [0, 0.1) is 21.8 Å². The zero-order chi connectivity index (χ0) is 13.1. The Labute approximate surface area is 102 Å². The van der Waals surface area contributed by atoms with Crippen molar-refractivity contribution in [3.63, 3.8) is 0 Å². The van der Waals surface area contributed by atoms with Gasteiger partial charge < -0.3 is 10.6 Å². The molecular formula is C11H12FN3O3. The fourth-order valence-corrected chi connectivity index (χ4v) is 1.89. The summed E-state index contributed by atoms with van der Waals surface area (Å²) < 4.78 is 13.5. The molecule has 0 bridgehead atoms. The molecule has 1 aliphatic rings. The predicted molar refractivity (Wildman–Crippen MR) is 62.7 cm³/mol. The normalized spacial score (nSPS) is 18.6. The summed E-state index contributed by atoms with van der Waals surface area (Å²) in [6, 6.07) is 3.47. The fraction of sp³-hybridized carbons (Fsp3) is 0.364. The monoisotopic (exact) mass is 253 g/mol. The van der Waals surface area contributed by atoms with Crippen LogP contribution in [-0.4, -0.2) is 23.9 Å². The SMILES string of the molecule is O=C(Nc1c(F)cccc1[N+](=O)[O-])C1CCNC1. The van der Waals surface area contributed by atoms with Crippen LogP contribution in [0.1, 0.15) is 6.42 Å². The lowest BCUT2D eigenvalue weighted by Crippen LogP contribution is -2.25. The van der Waals surface area contributed by atoms with Crippen molar-refractivity contribution in [3.05, 3.63) is 34.1 Å². The molecule has 0 saturated carbocycles. The van der Waals surface area contributed by atoms with Gasteiger partial charge in [0.1, 0.15) is 0 Å². The van der Waals surface area contributed by atoms with Crippen molar-refractivity contribution in [2.75, 3.05) is 18.4 Å². The van der Waals surface area contributed by atoms with Crippen molar-refractivity contribution in [1.82, 2.24) is 5.32 Å². The zero-order valence-electron chi connectivity index (χ0n) is 9.48. The minimum absolute atomic E-state index is 0.274. The first-order chi connectivity index (χ1) is 8.59. The number of nitro benzene ring substituents is 1. The van der Waals surface area contributed by atoms with E-state index < -0.39 is 22.3 Å². The molecule has 18 heavy (non-hydrogen) atoms. The van der Waals surface area contributed by atoms with Crippen molar-refractivity contribution < 1.29 is 14.1 Å². The maximum Gasteiger partial charge on any atom is 0.295 e. The van der Waals surface area contributed by atoms with Gasteiger partial charge in [-0.15, -0.1) is 0 Å². The van der Waals surface area contributed by atoms with Gasteiger partial charge in [-0.25, -0.2) is 4.39 Å². The van der Waals surface area contributed by atoms with Crippen LogP contribution in [0.15, 0.2) is 18.2 Å². The van der Waals surface area contributed by atoms with Gasteiger partial charge in [0.05, 0.1) is 10.8 Å². The van der Waals surface area contributed by atoms with Gasteiger partial charge in [-0.2, -0.15) is 0 Å². The van der Waals surface area contributed by atoms with Crippen LogP contribution in [-0.2, 0) is 4.79 Å². The average molecular weight is 253 g/mol. The number of hydrogen-bond acceptors (Lipinski definition) is 4. The summed E-state index contributed by atoms with van der Waals surface area (Å²) in [6.07, 6.45) is 0.647. The highest BCUT2D eigenvalue weighted by Gasteiger charge is 2.26. The largest absolute Gasteiger partial charge is 0.318 e. The van der Waals surface area contributed by atoms with Crippen LogP contribution in [0.3, 0.4) is 0 Å².